The maximum absolute atomic E-state index is 11.2. The van der Waals surface area contributed by atoms with E-state index in [4.69, 9.17) is 4.74 Å². The summed E-state index contributed by atoms with van der Waals surface area (Å²) < 4.78 is 5.24. The lowest BCUT2D eigenvalue weighted by atomic mass is 10.0. The molecule has 0 spiro atoms. The molecular weight excluding hydrogens is 238 g/mol. The van der Waals surface area contributed by atoms with Gasteiger partial charge in [-0.25, -0.2) is 0 Å². The van der Waals surface area contributed by atoms with Crippen LogP contribution in [0.25, 0.3) is 10.8 Å². The summed E-state index contributed by atoms with van der Waals surface area (Å²) in [7, 11) is 3.50. The van der Waals surface area contributed by atoms with Gasteiger partial charge in [0.15, 0.2) is 0 Å². The second kappa shape index (κ2) is 5.74. The topological polar surface area (TPSA) is 29.5 Å². The SMILES string of the molecule is COc1ccc2ccc(CCN(C)C(C)=O)cc2c1. The zero-order valence-electron chi connectivity index (χ0n) is 11.6. The van der Waals surface area contributed by atoms with Crippen LogP contribution >= 0.6 is 0 Å². The number of nitrogens with zero attached hydrogens (tertiary/aromatic N) is 1. The molecule has 0 N–H and O–H groups in total. The predicted octanol–water partition coefficient (Wildman–Crippen LogP) is 2.87. The molecule has 19 heavy (non-hydrogen) atoms. The first-order chi connectivity index (χ1) is 9.10. The normalized spacial score (nSPS) is 10.5. The van der Waals surface area contributed by atoms with E-state index < -0.39 is 0 Å². The van der Waals surface area contributed by atoms with Gasteiger partial charge in [0.05, 0.1) is 7.11 Å². The molecule has 0 radical (unpaired) electrons. The number of likely N-dealkylation sites (N-methyl/N-ethyl adjacent to an activating group) is 1. The smallest absolute Gasteiger partial charge is 0.219 e. The van der Waals surface area contributed by atoms with E-state index in [0.29, 0.717) is 0 Å². The van der Waals surface area contributed by atoms with Gasteiger partial charge in [-0.1, -0.05) is 24.3 Å². The molecule has 0 aliphatic heterocycles. The fourth-order valence-corrected chi connectivity index (χ4v) is 2.01. The van der Waals surface area contributed by atoms with Gasteiger partial charge in [-0.15, -0.1) is 0 Å². The molecule has 0 saturated carbocycles. The molecular formula is C16H19NO2. The fraction of sp³-hybridized carbons (Fsp3) is 0.312. The number of rotatable bonds is 4. The van der Waals surface area contributed by atoms with Crippen molar-refractivity contribution in [3.63, 3.8) is 0 Å². The summed E-state index contributed by atoms with van der Waals surface area (Å²) in [6.45, 7) is 2.33. The third-order valence-electron chi connectivity index (χ3n) is 3.39. The van der Waals surface area contributed by atoms with Crippen LogP contribution in [-0.4, -0.2) is 31.5 Å². The molecule has 0 unspecified atom stereocenters. The van der Waals surface area contributed by atoms with Crippen LogP contribution in [0.3, 0.4) is 0 Å². The summed E-state index contributed by atoms with van der Waals surface area (Å²) in [5.74, 6) is 0.966. The molecule has 0 fully saturated rings. The fourth-order valence-electron chi connectivity index (χ4n) is 2.01. The number of methoxy groups -OCH3 is 1. The average Bonchev–Trinajstić information content (AvgIpc) is 2.43. The Morgan fingerprint density at radius 1 is 1.16 bits per heavy atom. The first-order valence-corrected chi connectivity index (χ1v) is 6.38. The molecule has 2 aromatic rings. The molecule has 0 aromatic heterocycles. The van der Waals surface area contributed by atoms with Crippen LogP contribution < -0.4 is 4.74 Å². The van der Waals surface area contributed by atoms with Crippen molar-refractivity contribution in [3.05, 3.63) is 42.0 Å². The Labute approximate surface area is 113 Å². The maximum Gasteiger partial charge on any atom is 0.219 e. The van der Waals surface area contributed by atoms with E-state index in [1.807, 2.05) is 19.2 Å². The van der Waals surface area contributed by atoms with Crippen LogP contribution in [-0.2, 0) is 11.2 Å². The van der Waals surface area contributed by atoms with Crippen LogP contribution in [0, 0.1) is 0 Å². The van der Waals surface area contributed by atoms with E-state index in [0.717, 1.165) is 18.7 Å². The molecule has 100 valence electrons. The van der Waals surface area contributed by atoms with Crippen molar-refractivity contribution in [1.82, 2.24) is 4.90 Å². The van der Waals surface area contributed by atoms with Crippen LogP contribution in [0.15, 0.2) is 36.4 Å². The number of benzene rings is 2. The number of amides is 1. The Morgan fingerprint density at radius 2 is 1.89 bits per heavy atom. The number of fused-ring (bicyclic) bond motifs is 1. The van der Waals surface area contributed by atoms with Crippen molar-refractivity contribution in [1.29, 1.82) is 0 Å². The standard InChI is InChI=1S/C16H19NO2/c1-12(18)17(2)9-8-13-4-5-14-6-7-16(19-3)11-15(14)10-13/h4-7,10-11H,8-9H2,1-3H3. The number of hydrogen-bond acceptors (Lipinski definition) is 2. The van der Waals surface area contributed by atoms with E-state index in [2.05, 4.69) is 24.3 Å². The van der Waals surface area contributed by atoms with Gasteiger partial charge in [-0.05, 0) is 34.9 Å². The summed E-state index contributed by atoms with van der Waals surface area (Å²) >= 11 is 0. The second-order valence-corrected chi connectivity index (χ2v) is 4.74. The van der Waals surface area contributed by atoms with Gasteiger partial charge in [-0.2, -0.15) is 0 Å². The number of carbonyl (C=O) groups excluding carboxylic acids is 1. The molecule has 1 amide bonds. The minimum absolute atomic E-state index is 0.0995. The number of hydrogen-bond donors (Lipinski definition) is 0. The van der Waals surface area contributed by atoms with E-state index in [1.165, 1.54) is 16.3 Å². The Bertz CT molecular complexity index is 592. The Morgan fingerprint density at radius 3 is 2.58 bits per heavy atom. The number of ether oxygens (including phenoxy) is 1. The molecule has 0 bridgehead atoms. The van der Waals surface area contributed by atoms with E-state index in [9.17, 15) is 4.79 Å². The largest absolute Gasteiger partial charge is 0.497 e. The lowest BCUT2D eigenvalue weighted by molar-refractivity contribution is -0.127. The van der Waals surface area contributed by atoms with Crippen LogP contribution in [0.5, 0.6) is 5.75 Å². The summed E-state index contributed by atoms with van der Waals surface area (Å²) in [4.78, 5) is 12.9. The van der Waals surface area contributed by atoms with E-state index in [-0.39, 0.29) is 5.91 Å². The molecule has 0 aliphatic carbocycles. The summed E-state index contributed by atoms with van der Waals surface area (Å²) in [5.41, 5.74) is 1.23. The van der Waals surface area contributed by atoms with Crippen molar-refractivity contribution in [2.45, 2.75) is 13.3 Å². The number of carbonyl (C=O) groups is 1. The molecule has 2 aromatic carbocycles. The molecule has 0 atom stereocenters. The van der Waals surface area contributed by atoms with Gasteiger partial charge in [0.1, 0.15) is 5.75 Å². The van der Waals surface area contributed by atoms with Crippen LogP contribution in [0.4, 0.5) is 0 Å². The molecule has 0 heterocycles. The van der Waals surface area contributed by atoms with Crippen molar-refractivity contribution in [2.75, 3.05) is 20.7 Å². The molecule has 2 rings (SSSR count). The molecule has 0 aliphatic rings. The Kier molecular flexibility index (Phi) is 4.05. The maximum atomic E-state index is 11.2. The van der Waals surface area contributed by atoms with E-state index >= 15 is 0 Å². The van der Waals surface area contributed by atoms with E-state index in [1.54, 1.807) is 18.9 Å². The lowest BCUT2D eigenvalue weighted by Gasteiger charge is -2.14. The Hall–Kier alpha value is -2.03. The summed E-state index contributed by atoms with van der Waals surface area (Å²) in [5, 5.41) is 2.37. The second-order valence-electron chi connectivity index (χ2n) is 4.74. The van der Waals surface area contributed by atoms with Crippen LogP contribution in [0.1, 0.15) is 12.5 Å². The molecule has 3 nitrogen and oxygen atoms in total. The molecule has 3 heteroatoms. The highest BCUT2D eigenvalue weighted by atomic mass is 16.5. The highest BCUT2D eigenvalue weighted by molar-refractivity contribution is 5.84. The Balaban J connectivity index is 2.18. The first-order valence-electron chi connectivity index (χ1n) is 6.38. The third kappa shape index (κ3) is 3.25. The van der Waals surface area contributed by atoms with Gasteiger partial charge < -0.3 is 9.64 Å². The van der Waals surface area contributed by atoms with Gasteiger partial charge in [0.2, 0.25) is 5.91 Å². The predicted molar refractivity (Wildman–Crippen MR) is 77.5 cm³/mol. The van der Waals surface area contributed by atoms with Gasteiger partial charge in [0.25, 0.3) is 0 Å². The van der Waals surface area contributed by atoms with Gasteiger partial charge >= 0.3 is 0 Å². The zero-order valence-corrected chi connectivity index (χ0v) is 11.6. The van der Waals surface area contributed by atoms with Crippen molar-refractivity contribution >= 4 is 16.7 Å². The highest BCUT2D eigenvalue weighted by Gasteiger charge is 2.03. The molecule has 0 saturated heterocycles. The minimum Gasteiger partial charge on any atom is -0.497 e. The average molecular weight is 257 g/mol. The lowest BCUT2D eigenvalue weighted by Crippen LogP contribution is -2.26. The van der Waals surface area contributed by atoms with Crippen molar-refractivity contribution in [2.24, 2.45) is 0 Å². The zero-order chi connectivity index (χ0) is 13.8. The van der Waals surface area contributed by atoms with Crippen molar-refractivity contribution < 1.29 is 9.53 Å². The minimum atomic E-state index is 0.0995. The van der Waals surface area contributed by atoms with Crippen LogP contribution in [0.2, 0.25) is 0 Å². The first kappa shape index (κ1) is 13.4. The van der Waals surface area contributed by atoms with Gasteiger partial charge in [0, 0.05) is 20.5 Å². The quantitative estimate of drug-likeness (QED) is 0.843. The highest BCUT2D eigenvalue weighted by Crippen LogP contribution is 2.22. The van der Waals surface area contributed by atoms with Gasteiger partial charge in [-0.3, -0.25) is 4.79 Å². The monoisotopic (exact) mass is 257 g/mol. The summed E-state index contributed by atoms with van der Waals surface area (Å²) in [6, 6.07) is 12.4. The third-order valence-corrected chi connectivity index (χ3v) is 3.39. The summed E-state index contributed by atoms with van der Waals surface area (Å²) in [6.07, 6.45) is 0.864. The van der Waals surface area contributed by atoms with Crippen molar-refractivity contribution in [3.8, 4) is 5.75 Å².